The minimum Gasteiger partial charge on any atom is -0.352 e. The number of carbonyl (C=O) groups excluding carboxylic acids is 3. The Bertz CT molecular complexity index is 1310. The number of hydrogen-bond donors (Lipinski definition) is 1. The molecule has 2 aromatic carbocycles. The summed E-state index contributed by atoms with van der Waals surface area (Å²) in [6, 6.07) is 11.0. The number of hydrogen-bond acceptors (Lipinski definition) is 3. The van der Waals surface area contributed by atoms with Crippen molar-refractivity contribution in [3.63, 3.8) is 0 Å². The Hall–Kier alpha value is -2.61. The highest BCUT2D eigenvalue weighted by Gasteiger charge is 2.31. The molecular formula is C26H24BrCl2N3O3. The van der Waals surface area contributed by atoms with Gasteiger partial charge in [0.2, 0.25) is 5.91 Å². The van der Waals surface area contributed by atoms with Gasteiger partial charge in [0.05, 0.1) is 12.1 Å². The van der Waals surface area contributed by atoms with Crippen LogP contribution in [0.2, 0.25) is 10.0 Å². The molecule has 4 rings (SSSR count). The number of Topliss-reactive ketones (excluding diaryl/α,β-unsaturated/α-hetero) is 1. The van der Waals surface area contributed by atoms with E-state index in [1.165, 1.54) is 6.08 Å². The zero-order chi connectivity index (χ0) is 25.1. The lowest BCUT2D eigenvalue weighted by atomic mass is 9.94. The van der Waals surface area contributed by atoms with Gasteiger partial charge in [0.1, 0.15) is 0 Å². The third-order valence-electron chi connectivity index (χ3n) is 6.09. The highest BCUT2D eigenvalue weighted by atomic mass is 79.9. The molecule has 0 bridgehead atoms. The van der Waals surface area contributed by atoms with Crippen LogP contribution in [-0.2, 0) is 22.6 Å². The van der Waals surface area contributed by atoms with Crippen molar-refractivity contribution in [3.8, 4) is 0 Å². The second-order valence-corrected chi connectivity index (χ2v) is 10.4. The Balaban J connectivity index is 1.42. The van der Waals surface area contributed by atoms with E-state index < -0.39 is 0 Å². The molecule has 0 spiro atoms. The van der Waals surface area contributed by atoms with Crippen molar-refractivity contribution in [1.29, 1.82) is 0 Å². The molecule has 2 amide bonds. The van der Waals surface area contributed by atoms with Crippen molar-refractivity contribution in [2.24, 2.45) is 5.92 Å². The van der Waals surface area contributed by atoms with Gasteiger partial charge in [0.15, 0.2) is 5.78 Å². The van der Waals surface area contributed by atoms with E-state index in [4.69, 9.17) is 23.2 Å². The van der Waals surface area contributed by atoms with E-state index >= 15 is 0 Å². The van der Waals surface area contributed by atoms with Gasteiger partial charge in [0, 0.05) is 63.6 Å². The molecule has 1 aliphatic heterocycles. The van der Waals surface area contributed by atoms with Crippen LogP contribution in [0.15, 0.2) is 59.7 Å². The van der Waals surface area contributed by atoms with Crippen LogP contribution in [0, 0.1) is 5.92 Å². The Labute approximate surface area is 222 Å². The summed E-state index contributed by atoms with van der Waals surface area (Å²) < 4.78 is 2.66. The molecule has 1 aromatic heterocycles. The van der Waals surface area contributed by atoms with E-state index in [1.807, 2.05) is 28.8 Å². The van der Waals surface area contributed by atoms with Crippen LogP contribution >= 0.6 is 39.1 Å². The summed E-state index contributed by atoms with van der Waals surface area (Å²) in [6.07, 6.45) is 3.97. The SMILES string of the molecule is C=CC(=O)N1CC(CC(=O)Cn2cc(C(=O)NCCc3ccc(Cl)cc3Cl)c3cc(Br)ccc32)C1. The normalized spacial score (nSPS) is 13.5. The smallest absolute Gasteiger partial charge is 0.253 e. The molecule has 2 heterocycles. The maximum absolute atomic E-state index is 13.0. The summed E-state index contributed by atoms with van der Waals surface area (Å²) >= 11 is 15.7. The number of carbonyl (C=O) groups is 3. The average Bonchev–Trinajstić information content (AvgIpc) is 3.14. The lowest BCUT2D eigenvalue weighted by Crippen LogP contribution is -2.50. The van der Waals surface area contributed by atoms with Crippen molar-refractivity contribution >= 4 is 67.6 Å². The first-order valence-corrected chi connectivity index (χ1v) is 12.7. The molecule has 35 heavy (non-hydrogen) atoms. The first-order chi connectivity index (χ1) is 16.7. The molecule has 182 valence electrons. The monoisotopic (exact) mass is 575 g/mol. The van der Waals surface area contributed by atoms with Gasteiger partial charge in [-0.15, -0.1) is 0 Å². The largest absolute Gasteiger partial charge is 0.352 e. The average molecular weight is 577 g/mol. The first kappa shape index (κ1) is 25.5. The first-order valence-electron chi connectivity index (χ1n) is 11.2. The van der Waals surface area contributed by atoms with Crippen LogP contribution in [0.25, 0.3) is 10.9 Å². The molecule has 1 aliphatic rings. The van der Waals surface area contributed by atoms with Crippen LogP contribution in [0.5, 0.6) is 0 Å². The number of nitrogens with one attached hydrogen (secondary N) is 1. The second-order valence-electron chi connectivity index (χ2n) is 8.63. The molecule has 0 saturated carbocycles. The van der Waals surface area contributed by atoms with E-state index in [1.54, 1.807) is 23.2 Å². The molecule has 0 unspecified atom stereocenters. The minimum atomic E-state index is -0.220. The summed E-state index contributed by atoms with van der Waals surface area (Å²) in [5.74, 6) is -0.110. The molecule has 0 aliphatic carbocycles. The zero-order valence-electron chi connectivity index (χ0n) is 18.9. The molecule has 1 saturated heterocycles. The van der Waals surface area contributed by atoms with Gasteiger partial charge in [-0.1, -0.05) is 51.8 Å². The fraction of sp³-hybridized carbons (Fsp3) is 0.269. The summed E-state index contributed by atoms with van der Waals surface area (Å²) in [5.41, 5.74) is 2.21. The van der Waals surface area contributed by atoms with Crippen LogP contribution < -0.4 is 5.32 Å². The predicted molar refractivity (Wildman–Crippen MR) is 142 cm³/mol. The number of amides is 2. The van der Waals surface area contributed by atoms with E-state index in [-0.39, 0.29) is 30.1 Å². The third-order valence-corrected chi connectivity index (χ3v) is 7.17. The molecule has 1 fully saturated rings. The molecule has 3 aromatic rings. The number of fused-ring (bicyclic) bond motifs is 1. The second kappa shape index (κ2) is 11.0. The topological polar surface area (TPSA) is 71.4 Å². The summed E-state index contributed by atoms with van der Waals surface area (Å²) in [5, 5.41) is 4.84. The quantitative estimate of drug-likeness (QED) is 0.352. The van der Waals surface area contributed by atoms with Gasteiger partial charge in [-0.3, -0.25) is 14.4 Å². The Morgan fingerprint density at radius 2 is 1.91 bits per heavy atom. The van der Waals surface area contributed by atoms with Gasteiger partial charge < -0.3 is 14.8 Å². The summed E-state index contributed by atoms with van der Waals surface area (Å²) in [6.45, 7) is 5.20. The summed E-state index contributed by atoms with van der Waals surface area (Å²) in [7, 11) is 0. The maximum atomic E-state index is 13.0. The van der Waals surface area contributed by atoms with Crippen LogP contribution in [0.4, 0.5) is 0 Å². The number of rotatable bonds is 9. The van der Waals surface area contributed by atoms with Crippen LogP contribution in [-0.4, -0.2) is 46.7 Å². The Morgan fingerprint density at radius 1 is 1.14 bits per heavy atom. The highest BCUT2D eigenvalue weighted by Crippen LogP contribution is 2.27. The lowest BCUT2D eigenvalue weighted by Gasteiger charge is -2.38. The van der Waals surface area contributed by atoms with Crippen molar-refractivity contribution in [2.75, 3.05) is 19.6 Å². The van der Waals surface area contributed by atoms with Crippen LogP contribution in [0.1, 0.15) is 22.3 Å². The summed E-state index contributed by atoms with van der Waals surface area (Å²) in [4.78, 5) is 39.1. The van der Waals surface area contributed by atoms with Gasteiger partial charge >= 0.3 is 0 Å². The Kier molecular flexibility index (Phi) is 7.99. The fourth-order valence-electron chi connectivity index (χ4n) is 4.30. The van der Waals surface area contributed by atoms with Gasteiger partial charge in [0.25, 0.3) is 5.91 Å². The number of ketones is 1. The number of nitrogens with zero attached hydrogens (tertiary/aromatic N) is 2. The van der Waals surface area contributed by atoms with E-state index in [0.29, 0.717) is 48.1 Å². The number of benzene rings is 2. The van der Waals surface area contributed by atoms with Crippen molar-refractivity contribution in [3.05, 3.63) is 80.9 Å². The van der Waals surface area contributed by atoms with Crippen molar-refractivity contribution in [1.82, 2.24) is 14.8 Å². The number of likely N-dealkylation sites (tertiary alicyclic amines) is 1. The lowest BCUT2D eigenvalue weighted by molar-refractivity contribution is -0.134. The fourth-order valence-corrected chi connectivity index (χ4v) is 5.16. The van der Waals surface area contributed by atoms with Gasteiger partial charge in [-0.25, -0.2) is 0 Å². The molecule has 6 nitrogen and oxygen atoms in total. The van der Waals surface area contributed by atoms with Gasteiger partial charge in [-0.05, 0) is 48.4 Å². The minimum absolute atomic E-state index is 0.0601. The van der Waals surface area contributed by atoms with E-state index in [2.05, 4.69) is 27.8 Å². The number of aromatic nitrogens is 1. The maximum Gasteiger partial charge on any atom is 0.253 e. The standard InChI is InChI=1S/C26H24BrCl2N3O3/c1-2-25(34)32-12-16(13-32)9-20(33)14-31-15-22(21-10-18(27)4-6-24(21)31)26(35)30-8-7-17-3-5-19(28)11-23(17)29/h2-6,10-11,15-16H,1,7-9,12-14H2,(H,30,35). The number of halogens is 3. The molecular weight excluding hydrogens is 553 g/mol. The van der Waals surface area contributed by atoms with Crippen molar-refractivity contribution in [2.45, 2.75) is 19.4 Å². The van der Waals surface area contributed by atoms with E-state index in [9.17, 15) is 14.4 Å². The van der Waals surface area contributed by atoms with E-state index in [0.717, 1.165) is 20.9 Å². The predicted octanol–water partition coefficient (Wildman–Crippen LogP) is 5.29. The van der Waals surface area contributed by atoms with Gasteiger partial charge in [-0.2, -0.15) is 0 Å². The highest BCUT2D eigenvalue weighted by molar-refractivity contribution is 9.10. The zero-order valence-corrected chi connectivity index (χ0v) is 22.0. The molecule has 0 radical (unpaired) electrons. The molecule has 0 atom stereocenters. The molecule has 1 N–H and O–H groups in total. The van der Waals surface area contributed by atoms with Crippen molar-refractivity contribution < 1.29 is 14.4 Å². The third kappa shape index (κ3) is 5.97. The Morgan fingerprint density at radius 3 is 2.63 bits per heavy atom. The molecule has 9 heteroatoms. The van der Waals surface area contributed by atoms with Crippen LogP contribution in [0.3, 0.4) is 0 Å².